The number of nitrogens with one attached hydrogen (secondary N) is 1. The van der Waals surface area contributed by atoms with E-state index in [2.05, 4.69) is 29.6 Å². The third-order valence-corrected chi connectivity index (χ3v) is 3.94. The Balaban J connectivity index is 1.60. The molecule has 1 saturated carbocycles. The molecule has 0 saturated heterocycles. The van der Waals surface area contributed by atoms with Gasteiger partial charge in [0, 0.05) is 12.6 Å². The van der Waals surface area contributed by atoms with E-state index in [1.54, 1.807) is 0 Å². The molecule has 1 aliphatic rings. The van der Waals surface area contributed by atoms with Crippen molar-refractivity contribution in [3.8, 4) is 5.75 Å². The monoisotopic (exact) mass is 301 g/mol. The van der Waals surface area contributed by atoms with E-state index in [9.17, 15) is 0 Å². The molecule has 1 aliphatic carbocycles. The van der Waals surface area contributed by atoms with Gasteiger partial charge in [-0.1, -0.05) is 41.9 Å². The largest absolute Gasteiger partial charge is 0.487 e. The molecule has 0 spiro atoms. The number of benzene rings is 2. The molecule has 2 aromatic rings. The Morgan fingerprint density at radius 3 is 2.71 bits per heavy atom. The van der Waals surface area contributed by atoms with E-state index < -0.39 is 0 Å². The van der Waals surface area contributed by atoms with Crippen molar-refractivity contribution in [3.63, 3.8) is 0 Å². The zero-order chi connectivity index (χ0) is 14.7. The minimum atomic E-state index is 0.542. The molecule has 21 heavy (non-hydrogen) atoms. The van der Waals surface area contributed by atoms with Crippen molar-refractivity contribution in [1.82, 2.24) is 5.32 Å². The molecule has 0 heterocycles. The molecule has 0 unspecified atom stereocenters. The van der Waals surface area contributed by atoms with Crippen LogP contribution in [0, 0.1) is 6.92 Å². The second-order valence-electron chi connectivity index (χ2n) is 5.70. The zero-order valence-electron chi connectivity index (χ0n) is 12.2. The Labute approximate surface area is 131 Å². The third-order valence-electron chi connectivity index (χ3n) is 3.65. The fourth-order valence-corrected chi connectivity index (χ4v) is 2.55. The van der Waals surface area contributed by atoms with Gasteiger partial charge in [0.25, 0.3) is 0 Å². The molecular formula is C18H20ClNO. The molecule has 0 bridgehead atoms. The quantitative estimate of drug-likeness (QED) is 0.849. The first-order valence-electron chi connectivity index (χ1n) is 7.41. The van der Waals surface area contributed by atoms with E-state index in [1.807, 2.05) is 25.1 Å². The van der Waals surface area contributed by atoms with Gasteiger partial charge >= 0.3 is 0 Å². The number of aryl methyl sites for hydroxylation is 1. The fourth-order valence-electron chi connectivity index (χ4n) is 2.26. The summed E-state index contributed by atoms with van der Waals surface area (Å²) in [7, 11) is 0. The van der Waals surface area contributed by atoms with Gasteiger partial charge in [0.1, 0.15) is 12.4 Å². The van der Waals surface area contributed by atoms with Crippen LogP contribution in [0.5, 0.6) is 5.75 Å². The van der Waals surface area contributed by atoms with Crippen LogP contribution in [0.1, 0.15) is 29.5 Å². The first kappa shape index (κ1) is 14.4. The Morgan fingerprint density at radius 2 is 1.95 bits per heavy atom. The van der Waals surface area contributed by atoms with Gasteiger partial charge in [-0.25, -0.2) is 0 Å². The number of halogens is 1. The van der Waals surface area contributed by atoms with Crippen LogP contribution in [0.4, 0.5) is 0 Å². The first-order chi connectivity index (χ1) is 10.2. The molecule has 1 fully saturated rings. The van der Waals surface area contributed by atoms with Crippen LogP contribution in [0.2, 0.25) is 5.02 Å². The molecule has 0 radical (unpaired) electrons. The molecule has 0 aliphatic heterocycles. The van der Waals surface area contributed by atoms with Gasteiger partial charge in [0.05, 0.1) is 5.02 Å². The summed E-state index contributed by atoms with van der Waals surface area (Å²) in [5.41, 5.74) is 3.61. The fraction of sp³-hybridized carbons (Fsp3) is 0.333. The van der Waals surface area contributed by atoms with Crippen molar-refractivity contribution >= 4 is 11.6 Å². The van der Waals surface area contributed by atoms with Gasteiger partial charge in [-0.15, -0.1) is 0 Å². The summed E-state index contributed by atoms with van der Waals surface area (Å²) >= 11 is 6.18. The minimum Gasteiger partial charge on any atom is -0.487 e. The Bertz CT molecular complexity index is 622. The number of rotatable bonds is 6. The summed E-state index contributed by atoms with van der Waals surface area (Å²) in [6, 6.07) is 15.1. The smallest absolute Gasteiger partial charge is 0.138 e. The highest BCUT2D eigenvalue weighted by Gasteiger charge is 2.19. The van der Waals surface area contributed by atoms with Gasteiger partial charge in [-0.05, 0) is 48.6 Å². The van der Waals surface area contributed by atoms with Crippen LogP contribution in [0.15, 0.2) is 42.5 Å². The van der Waals surface area contributed by atoms with Crippen LogP contribution >= 0.6 is 11.6 Å². The number of ether oxygens (including phenoxy) is 1. The lowest BCUT2D eigenvalue weighted by Gasteiger charge is -2.10. The molecule has 110 valence electrons. The highest BCUT2D eigenvalue weighted by atomic mass is 35.5. The van der Waals surface area contributed by atoms with E-state index in [0.717, 1.165) is 23.9 Å². The predicted octanol–water partition coefficient (Wildman–Crippen LogP) is 4.48. The summed E-state index contributed by atoms with van der Waals surface area (Å²) in [6.07, 6.45) is 2.63. The predicted molar refractivity (Wildman–Crippen MR) is 86.8 cm³/mol. The molecule has 3 rings (SSSR count). The average Bonchev–Trinajstić information content (AvgIpc) is 3.29. The summed E-state index contributed by atoms with van der Waals surface area (Å²) < 4.78 is 5.82. The number of hydrogen-bond donors (Lipinski definition) is 1. The van der Waals surface area contributed by atoms with Crippen molar-refractivity contribution in [2.24, 2.45) is 0 Å². The molecule has 0 aromatic heterocycles. The molecule has 1 N–H and O–H groups in total. The van der Waals surface area contributed by atoms with Crippen molar-refractivity contribution in [2.45, 2.75) is 39.0 Å². The maximum atomic E-state index is 6.18. The van der Waals surface area contributed by atoms with Crippen molar-refractivity contribution in [2.75, 3.05) is 0 Å². The van der Waals surface area contributed by atoms with Crippen LogP contribution in [0.3, 0.4) is 0 Å². The lowest BCUT2D eigenvalue weighted by molar-refractivity contribution is 0.306. The van der Waals surface area contributed by atoms with Crippen molar-refractivity contribution in [3.05, 3.63) is 64.2 Å². The molecule has 0 amide bonds. The average molecular weight is 302 g/mol. The standard InChI is InChI=1S/C18H20ClNO/c1-13-5-8-18(17(19)9-13)21-12-15-4-2-3-14(10-15)11-20-16-6-7-16/h2-5,8-10,16,20H,6-7,11-12H2,1H3. The normalized spacial score (nSPS) is 14.2. The third kappa shape index (κ3) is 4.23. The van der Waals surface area contributed by atoms with Gasteiger partial charge < -0.3 is 10.1 Å². The van der Waals surface area contributed by atoms with Crippen molar-refractivity contribution in [1.29, 1.82) is 0 Å². The van der Waals surface area contributed by atoms with Crippen LogP contribution in [0.25, 0.3) is 0 Å². The van der Waals surface area contributed by atoms with Crippen LogP contribution in [-0.2, 0) is 13.2 Å². The van der Waals surface area contributed by atoms with Gasteiger partial charge in [-0.2, -0.15) is 0 Å². The highest BCUT2D eigenvalue weighted by Crippen LogP contribution is 2.26. The zero-order valence-corrected chi connectivity index (χ0v) is 13.0. The van der Waals surface area contributed by atoms with E-state index in [0.29, 0.717) is 11.6 Å². The van der Waals surface area contributed by atoms with Gasteiger partial charge in [-0.3, -0.25) is 0 Å². The van der Waals surface area contributed by atoms with Crippen molar-refractivity contribution < 1.29 is 4.74 Å². The maximum absolute atomic E-state index is 6.18. The van der Waals surface area contributed by atoms with E-state index in [1.165, 1.54) is 24.0 Å². The van der Waals surface area contributed by atoms with E-state index in [-0.39, 0.29) is 0 Å². The van der Waals surface area contributed by atoms with Crippen LogP contribution in [-0.4, -0.2) is 6.04 Å². The van der Waals surface area contributed by atoms with E-state index >= 15 is 0 Å². The summed E-state index contributed by atoms with van der Waals surface area (Å²) in [6.45, 7) is 3.50. The molecular weight excluding hydrogens is 282 g/mol. The topological polar surface area (TPSA) is 21.3 Å². The lowest BCUT2D eigenvalue weighted by Crippen LogP contribution is -2.15. The number of hydrogen-bond acceptors (Lipinski definition) is 2. The first-order valence-corrected chi connectivity index (χ1v) is 7.78. The Kier molecular flexibility index (Phi) is 4.47. The van der Waals surface area contributed by atoms with Gasteiger partial charge in [0.2, 0.25) is 0 Å². The SMILES string of the molecule is Cc1ccc(OCc2cccc(CNC3CC3)c2)c(Cl)c1. The van der Waals surface area contributed by atoms with Crippen LogP contribution < -0.4 is 10.1 Å². The highest BCUT2D eigenvalue weighted by molar-refractivity contribution is 6.32. The molecule has 2 aromatic carbocycles. The summed E-state index contributed by atoms with van der Waals surface area (Å²) in [5, 5.41) is 4.20. The summed E-state index contributed by atoms with van der Waals surface area (Å²) in [5.74, 6) is 0.740. The Morgan fingerprint density at radius 1 is 1.14 bits per heavy atom. The molecule has 3 heteroatoms. The van der Waals surface area contributed by atoms with E-state index in [4.69, 9.17) is 16.3 Å². The second kappa shape index (κ2) is 6.50. The van der Waals surface area contributed by atoms with Gasteiger partial charge in [0.15, 0.2) is 0 Å². The molecule has 0 atom stereocenters. The second-order valence-corrected chi connectivity index (χ2v) is 6.10. The Hall–Kier alpha value is -1.51. The maximum Gasteiger partial charge on any atom is 0.138 e. The lowest BCUT2D eigenvalue weighted by atomic mass is 10.1. The minimum absolute atomic E-state index is 0.542. The summed E-state index contributed by atoms with van der Waals surface area (Å²) in [4.78, 5) is 0. The molecule has 2 nitrogen and oxygen atoms in total.